The maximum absolute atomic E-state index is 11.3. The van der Waals surface area contributed by atoms with Gasteiger partial charge in [-0.3, -0.25) is 4.79 Å². The summed E-state index contributed by atoms with van der Waals surface area (Å²) in [6.07, 6.45) is 3.58. The summed E-state index contributed by atoms with van der Waals surface area (Å²) in [7, 11) is 0. The highest BCUT2D eigenvalue weighted by atomic mass is 35.5. The minimum atomic E-state index is -0.247. The zero-order valence-corrected chi connectivity index (χ0v) is 7.64. The number of halogens is 2. The Hall–Kier alpha value is -0.540. The van der Waals surface area contributed by atoms with E-state index >= 15 is 0 Å². The van der Waals surface area contributed by atoms with Crippen molar-refractivity contribution in [2.75, 3.05) is 0 Å². The lowest BCUT2D eigenvalue weighted by Gasteiger charge is -2.02. The Morgan fingerprint density at radius 2 is 2.17 bits per heavy atom. The van der Waals surface area contributed by atoms with E-state index in [0.29, 0.717) is 0 Å². The molecule has 1 saturated carbocycles. The summed E-state index contributed by atoms with van der Waals surface area (Å²) < 4.78 is 1.55. The summed E-state index contributed by atoms with van der Waals surface area (Å²) >= 11 is 11.2. The maximum atomic E-state index is 11.3. The third-order valence-corrected chi connectivity index (χ3v) is 2.23. The Kier molecular flexibility index (Phi) is 1.85. The van der Waals surface area contributed by atoms with Crippen molar-refractivity contribution in [2.45, 2.75) is 18.9 Å². The van der Waals surface area contributed by atoms with E-state index in [4.69, 9.17) is 23.2 Å². The molecule has 1 aromatic rings. The fourth-order valence-corrected chi connectivity index (χ4v) is 1.50. The number of rotatable bonds is 1. The van der Waals surface area contributed by atoms with Crippen LogP contribution in [0.3, 0.4) is 0 Å². The van der Waals surface area contributed by atoms with Crippen molar-refractivity contribution in [3.05, 3.63) is 26.9 Å². The molecule has 12 heavy (non-hydrogen) atoms. The molecule has 0 saturated heterocycles. The van der Waals surface area contributed by atoms with Crippen LogP contribution in [0.2, 0.25) is 10.3 Å². The molecule has 0 bridgehead atoms. The fraction of sp³-hybridized carbons (Fsp3) is 0.429. The van der Waals surface area contributed by atoms with Crippen molar-refractivity contribution in [3.8, 4) is 0 Å². The Bertz CT molecular complexity index is 370. The lowest BCUT2D eigenvalue weighted by Crippen LogP contribution is -2.19. The third-order valence-electron chi connectivity index (χ3n) is 1.80. The van der Waals surface area contributed by atoms with E-state index in [9.17, 15) is 4.79 Å². The largest absolute Gasteiger partial charge is 0.307 e. The van der Waals surface area contributed by atoms with Crippen molar-refractivity contribution in [2.24, 2.45) is 0 Å². The molecule has 1 heterocycles. The Morgan fingerprint density at radius 1 is 1.50 bits per heavy atom. The molecule has 1 fully saturated rings. The smallest absolute Gasteiger partial charge is 0.288 e. The molecule has 0 radical (unpaired) electrons. The number of nitrogens with zero attached hydrogens (tertiary/aromatic N) is 2. The zero-order valence-electron chi connectivity index (χ0n) is 6.13. The van der Waals surface area contributed by atoms with Crippen LogP contribution in [0.15, 0.2) is 11.0 Å². The molecule has 0 unspecified atom stereocenters. The van der Waals surface area contributed by atoms with Crippen LogP contribution in [-0.2, 0) is 0 Å². The second kappa shape index (κ2) is 2.75. The van der Waals surface area contributed by atoms with Gasteiger partial charge in [0.1, 0.15) is 5.15 Å². The lowest BCUT2D eigenvalue weighted by atomic mass is 10.6. The van der Waals surface area contributed by atoms with Crippen molar-refractivity contribution >= 4 is 23.2 Å². The Balaban J connectivity index is 2.58. The van der Waals surface area contributed by atoms with Crippen molar-refractivity contribution in [3.63, 3.8) is 0 Å². The molecule has 0 aliphatic heterocycles. The number of aromatic nitrogens is 2. The van der Waals surface area contributed by atoms with E-state index in [1.807, 2.05) is 0 Å². The lowest BCUT2D eigenvalue weighted by molar-refractivity contribution is 0.699. The van der Waals surface area contributed by atoms with Gasteiger partial charge in [-0.15, -0.1) is 0 Å². The zero-order chi connectivity index (χ0) is 8.72. The first-order chi connectivity index (χ1) is 5.68. The standard InChI is InChI=1S/C7H6Cl2N2O/c8-5-3-11(4-1-2-4)7(12)6(9)10-5/h3-4H,1-2H2. The van der Waals surface area contributed by atoms with Gasteiger partial charge in [-0.05, 0) is 12.8 Å². The number of hydrogen-bond acceptors (Lipinski definition) is 2. The van der Waals surface area contributed by atoms with Gasteiger partial charge < -0.3 is 4.57 Å². The third kappa shape index (κ3) is 1.34. The van der Waals surface area contributed by atoms with Gasteiger partial charge in [-0.2, -0.15) is 0 Å². The van der Waals surface area contributed by atoms with Crippen molar-refractivity contribution in [1.82, 2.24) is 9.55 Å². The predicted molar refractivity (Wildman–Crippen MR) is 46.8 cm³/mol. The van der Waals surface area contributed by atoms with E-state index in [0.717, 1.165) is 12.8 Å². The second-order valence-corrected chi connectivity index (χ2v) is 3.54. The molecule has 2 rings (SSSR count). The molecular formula is C7H6Cl2N2O. The molecule has 3 nitrogen and oxygen atoms in total. The van der Waals surface area contributed by atoms with Gasteiger partial charge in [0.15, 0.2) is 5.15 Å². The summed E-state index contributed by atoms with van der Waals surface area (Å²) in [5.41, 5.74) is -0.247. The van der Waals surface area contributed by atoms with Crippen molar-refractivity contribution < 1.29 is 0 Å². The molecule has 0 atom stereocenters. The van der Waals surface area contributed by atoms with Crippen LogP contribution in [0.1, 0.15) is 18.9 Å². The molecule has 64 valence electrons. The molecule has 0 aromatic carbocycles. The van der Waals surface area contributed by atoms with Crippen LogP contribution in [-0.4, -0.2) is 9.55 Å². The normalized spacial score (nSPS) is 16.5. The highest BCUT2D eigenvalue weighted by Crippen LogP contribution is 2.33. The van der Waals surface area contributed by atoms with Crippen LogP contribution in [0.4, 0.5) is 0 Å². The topological polar surface area (TPSA) is 34.9 Å². The van der Waals surface area contributed by atoms with Crippen molar-refractivity contribution in [1.29, 1.82) is 0 Å². The molecule has 0 spiro atoms. The van der Waals surface area contributed by atoms with Crippen LogP contribution in [0.25, 0.3) is 0 Å². The first kappa shape index (κ1) is 8.08. The van der Waals surface area contributed by atoms with E-state index < -0.39 is 0 Å². The quantitative estimate of drug-likeness (QED) is 0.701. The van der Waals surface area contributed by atoms with Gasteiger partial charge in [0.25, 0.3) is 5.56 Å². The molecule has 1 aromatic heterocycles. The highest BCUT2D eigenvalue weighted by Gasteiger charge is 2.25. The van der Waals surface area contributed by atoms with Gasteiger partial charge >= 0.3 is 0 Å². The van der Waals surface area contributed by atoms with E-state index in [1.165, 1.54) is 6.20 Å². The SMILES string of the molecule is O=c1c(Cl)nc(Cl)cn1C1CC1. The summed E-state index contributed by atoms with van der Waals surface area (Å²) in [6.45, 7) is 0. The molecule has 1 aliphatic carbocycles. The van der Waals surface area contributed by atoms with E-state index in [2.05, 4.69) is 4.98 Å². The maximum Gasteiger partial charge on any atom is 0.288 e. The summed E-state index contributed by atoms with van der Waals surface area (Å²) in [5, 5.41) is 0.223. The number of hydrogen-bond donors (Lipinski definition) is 0. The Labute approximate surface area is 78.9 Å². The summed E-state index contributed by atoms with van der Waals surface area (Å²) in [4.78, 5) is 15.0. The van der Waals surface area contributed by atoms with Crippen LogP contribution in [0.5, 0.6) is 0 Å². The summed E-state index contributed by atoms with van der Waals surface area (Å²) in [5.74, 6) is 0. The first-order valence-corrected chi connectivity index (χ1v) is 4.38. The van der Waals surface area contributed by atoms with E-state index in [-0.39, 0.29) is 21.9 Å². The van der Waals surface area contributed by atoms with E-state index in [1.54, 1.807) is 4.57 Å². The van der Waals surface area contributed by atoms with Gasteiger partial charge in [0, 0.05) is 12.2 Å². The summed E-state index contributed by atoms with van der Waals surface area (Å²) in [6, 6.07) is 0.287. The fourth-order valence-electron chi connectivity index (χ4n) is 1.07. The van der Waals surface area contributed by atoms with Gasteiger partial charge in [-0.25, -0.2) is 4.98 Å². The molecule has 1 aliphatic rings. The second-order valence-electron chi connectivity index (χ2n) is 2.80. The van der Waals surface area contributed by atoms with Gasteiger partial charge in [0.2, 0.25) is 0 Å². The highest BCUT2D eigenvalue weighted by molar-refractivity contribution is 6.32. The monoisotopic (exact) mass is 204 g/mol. The van der Waals surface area contributed by atoms with Gasteiger partial charge in [-0.1, -0.05) is 23.2 Å². The predicted octanol–water partition coefficient (Wildman–Crippen LogP) is 1.88. The molecule has 0 N–H and O–H groups in total. The minimum Gasteiger partial charge on any atom is -0.307 e. The molecular weight excluding hydrogens is 199 g/mol. The van der Waals surface area contributed by atoms with Crippen LogP contribution < -0.4 is 5.56 Å². The Morgan fingerprint density at radius 3 is 2.75 bits per heavy atom. The minimum absolute atomic E-state index is 0.0469. The first-order valence-electron chi connectivity index (χ1n) is 3.62. The van der Waals surface area contributed by atoms with Crippen LogP contribution in [0, 0.1) is 0 Å². The molecule has 5 heteroatoms. The van der Waals surface area contributed by atoms with Crippen LogP contribution >= 0.6 is 23.2 Å². The molecule has 0 amide bonds. The average molecular weight is 205 g/mol. The van der Waals surface area contributed by atoms with Gasteiger partial charge in [0.05, 0.1) is 0 Å². The average Bonchev–Trinajstić information content (AvgIpc) is 2.79.